The summed E-state index contributed by atoms with van der Waals surface area (Å²) >= 11 is 14.1. The summed E-state index contributed by atoms with van der Waals surface area (Å²) in [6.45, 7) is 21.6. The second-order valence-electron chi connectivity index (χ2n) is 10.1. The maximum atomic E-state index is 7.06. The summed E-state index contributed by atoms with van der Waals surface area (Å²) < 4.78 is -0.821. The number of fused-ring (bicyclic) bond motifs is 3. The van der Waals surface area contributed by atoms with Gasteiger partial charge in [0, 0.05) is 43.8 Å². The minimum Gasteiger partial charge on any atom is -0.299 e. The van der Waals surface area contributed by atoms with E-state index < -0.39 is 4.33 Å². The summed E-state index contributed by atoms with van der Waals surface area (Å²) in [5.74, 6) is 0.672. The average Bonchev–Trinajstić information content (AvgIpc) is 2.53. The Balaban J connectivity index is 2.43. The molecule has 0 spiro atoms. The normalized spacial score (nSPS) is 41.5. The predicted octanol–water partition coefficient (Wildman–Crippen LogP) is 4.72. The van der Waals surface area contributed by atoms with Crippen LogP contribution >= 0.6 is 23.2 Å². The molecule has 2 saturated heterocycles. The third-order valence-corrected chi connectivity index (χ3v) is 9.36. The van der Waals surface area contributed by atoms with Crippen molar-refractivity contribution in [2.45, 2.75) is 83.3 Å². The topological polar surface area (TPSA) is 9.72 Å². The van der Waals surface area contributed by atoms with Gasteiger partial charge < -0.3 is 0 Å². The van der Waals surface area contributed by atoms with Crippen molar-refractivity contribution in [2.75, 3.05) is 39.8 Å². The molecule has 2 aliphatic rings. The molecule has 0 aromatic carbocycles. The first kappa shape index (κ1) is 22.7. The molecule has 2 bridgehead atoms. The summed E-state index contributed by atoms with van der Waals surface area (Å²) in [7, 11) is 2.16. The van der Waals surface area contributed by atoms with E-state index in [4.69, 9.17) is 23.2 Å². The van der Waals surface area contributed by atoms with Gasteiger partial charge in [0.1, 0.15) is 0 Å². The number of hydrogen-bond acceptors (Lipinski definition) is 3. The zero-order chi connectivity index (χ0) is 19.9. The molecule has 0 saturated carbocycles. The van der Waals surface area contributed by atoms with Crippen molar-refractivity contribution < 1.29 is 0 Å². The molecule has 0 aliphatic carbocycles. The average molecular weight is 406 g/mol. The molecule has 2 aliphatic heterocycles. The Kier molecular flexibility index (Phi) is 7.06. The van der Waals surface area contributed by atoms with Crippen molar-refractivity contribution in [1.82, 2.24) is 14.7 Å². The predicted molar refractivity (Wildman–Crippen MR) is 115 cm³/mol. The Bertz CT molecular complexity index is 476. The maximum absolute atomic E-state index is 7.06. The van der Waals surface area contributed by atoms with Gasteiger partial charge in [0.25, 0.3) is 0 Å². The van der Waals surface area contributed by atoms with Gasteiger partial charge in [-0.05, 0) is 65.5 Å². The number of hydrogen-bond donors (Lipinski definition) is 0. The van der Waals surface area contributed by atoms with Crippen LogP contribution in [0.1, 0.15) is 61.3 Å². The first-order valence-corrected chi connectivity index (χ1v) is 11.1. The molecule has 0 aromatic heterocycles. The lowest BCUT2D eigenvalue weighted by Gasteiger charge is -2.53. The first-order valence-electron chi connectivity index (χ1n) is 10.4. The lowest BCUT2D eigenvalue weighted by molar-refractivity contribution is 0.00866. The van der Waals surface area contributed by atoms with Gasteiger partial charge in [0.2, 0.25) is 0 Å². The molecule has 2 rings (SSSR count). The maximum Gasteiger partial charge on any atom is 0.151 e. The summed E-state index contributed by atoms with van der Waals surface area (Å²) in [6.07, 6.45) is 2.45. The molecule has 5 heteroatoms. The number of rotatable bonds is 0. The second-order valence-corrected chi connectivity index (χ2v) is 11.5. The SMILES string of the molecule is CC1CC(C)(C)C(C)CCN2CCN1CCN(C)C(C)C(Cl)(Cl)C2(C)C. The van der Waals surface area contributed by atoms with Gasteiger partial charge in [0.15, 0.2) is 4.33 Å². The van der Waals surface area contributed by atoms with Gasteiger partial charge in [0.05, 0.1) is 0 Å². The number of halogens is 2. The van der Waals surface area contributed by atoms with Gasteiger partial charge in [-0.3, -0.25) is 14.7 Å². The highest BCUT2D eigenvalue weighted by atomic mass is 35.5. The molecular weight excluding hydrogens is 365 g/mol. The van der Waals surface area contributed by atoms with Crippen molar-refractivity contribution in [3.8, 4) is 0 Å². The van der Waals surface area contributed by atoms with E-state index in [0.717, 1.165) is 32.7 Å². The summed E-state index contributed by atoms with van der Waals surface area (Å²) in [5.41, 5.74) is 0.0479. The van der Waals surface area contributed by atoms with Crippen LogP contribution < -0.4 is 0 Å². The highest BCUT2D eigenvalue weighted by Crippen LogP contribution is 2.44. The zero-order valence-corrected chi connectivity index (χ0v) is 19.8. The molecule has 0 amide bonds. The van der Waals surface area contributed by atoms with Crippen LogP contribution in [0.2, 0.25) is 0 Å². The highest BCUT2D eigenvalue weighted by molar-refractivity contribution is 6.50. The van der Waals surface area contributed by atoms with Crippen LogP contribution in [0.4, 0.5) is 0 Å². The zero-order valence-electron chi connectivity index (χ0n) is 18.3. The van der Waals surface area contributed by atoms with E-state index in [-0.39, 0.29) is 11.6 Å². The minimum atomic E-state index is -0.821. The Labute approximate surface area is 172 Å². The molecule has 5 atom stereocenters. The van der Waals surface area contributed by atoms with E-state index in [2.05, 4.69) is 70.2 Å². The Morgan fingerprint density at radius 2 is 1.42 bits per heavy atom. The smallest absolute Gasteiger partial charge is 0.151 e. The minimum absolute atomic E-state index is 0.0930. The molecule has 0 radical (unpaired) electrons. The lowest BCUT2D eigenvalue weighted by atomic mass is 9.73. The van der Waals surface area contributed by atoms with Crippen molar-refractivity contribution in [2.24, 2.45) is 11.3 Å². The van der Waals surface area contributed by atoms with E-state index in [1.54, 1.807) is 0 Å². The van der Waals surface area contributed by atoms with Crippen LogP contribution in [0.15, 0.2) is 0 Å². The molecular formula is C21H41Cl2N3. The fourth-order valence-electron chi connectivity index (χ4n) is 4.78. The van der Waals surface area contributed by atoms with E-state index in [1.165, 1.54) is 12.8 Å². The molecule has 0 N–H and O–H groups in total. The van der Waals surface area contributed by atoms with Gasteiger partial charge in [-0.25, -0.2) is 0 Å². The van der Waals surface area contributed by atoms with Crippen LogP contribution in [0, 0.1) is 11.3 Å². The molecule has 26 heavy (non-hydrogen) atoms. The van der Waals surface area contributed by atoms with Crippen molar-refractivity contribution >= 4 is 23.2 Å². The van der Waals surface area contributed by atoms with Crippen LogP contribution in [0.3, 0.4) is 0 Å². The standard InChI is InChI=1S/C21H41Cl2N3/c1-16-9-10-26-14-13-25(17(2)15-19(16,4)5)12-11-24(8)18(3)21(22,23)20(26,6)7/h16-18H,9-15H2,1-8H3. The Morgan fingerprint density at radius 1 is 0.846 bits per heavy atom. The van der Waals surface area contributed by atoms with E-state index >= 15 is 0 Å². The third-order valence-electron chi connectivity index (χ3n) is 7.80. The molecule has 0 aromatic rings. The van der Waals surface area contributed by atoms with E-state index in [1.807, 2.05) is 0 Å². The van der Waals surface area contributed by atoms with Gasteiger partial charge in [-0.1, -0.05) is 44.0 Å². The number of likely N-dealkylation sites (N-methyl/N-ethyl adjacent to an activating group) is 1. The Morgan fingerprint density at radius 3 is 2.04 bits per heavy atom. The number of alkyl halides is 2. The summed E-state index contributed by atoms with van der Waals surface area (Å²) in [6, 6.07) is 0.686. The second kappa shape index (κ2) is 8.06. The molecule has 2 heterocycles. The van der Waals surface area contributed by atoms with E-state index in [9.17, 15) is 0 Å². The largest absolute Gasteiger partial charge is 0.299 e. The highest BCUT2D eigenvalue weighted by Gasteiger charge is 2.51. The van der Waals surface area contributed by atoms with Gasteiger partial charge in [-0.2, -0.15) is 0 Å². The fraction of sp³-hybridized carbons (Fsp3) is 1.00. The molecule has 3 nitrogen and oxygen atoms in total. The van der Waals surface area contributed by atoms with Crippen LogP contribution in [-0.2, 0) is 0 Å². The summed E-state index contributed by atoms with van der Waals surface area (Å²) in [5, 5.41) is 0. The quantitative estimate of drug-likeness (QED) is 0.539. The van der Waals surface area contributed by atoms with Crippen molar-refractivity contribution in [3.63, 3.8) is 0 Å². The Hall–Kier alpha value is 0.460. The van der Waals surface area contributed by atoms with E-state index in [0.29, 0.717) is 17.4 Å². The van der Waals surface area contributed by atoms with Crippen LogP contribution in [-0.4, -0.2) is 76.4 Å². The number of nitrogens with zero attached hydrogens (tertiary/aromatic N) is 3. The van der Waals surface area contributed by atoms with Gasteiger partial charge >= 0.3 is 0 Å². The molecule has 154 valence electrons. The molecule has 2 fully saturated rings. The first-order chi connectivity index (χ1) is 11.8. The monoisotopic (exact) mass is 405 g/mol. The van der Waals surface area contributed by atoms with Gasteiger partial charge in [-0.15, -0.1) is 0 Å². The van der Waals surface area contributed by atoms with Crippen molar-refractivity contribution in [1.29, 1.82) is 0 Å². The van der Waals surface area contributed by atoms with Crippen LogP contribution in [0.25, 0.3) is 0 Å². The third kappa shape index (κ3) is 4.38. The lowest BCUT2D eigenvalue weighted by Crippen LogP contribution is -2.65. The van der Waals surface area contributed by atoms with Crippen LogP contribution in [0.5, 0.6) is 0 Å². The summed E-state index contributed by atoms with van der Waals surface area (Å²) in [4.78, 5) is 7.58. The molecule has 5 unspecified atom stereocenters. The van der Waals surface area contributed by atoms with Crippen molar-refractivity contribution in [3.05, 3.63) is 0 Å². The fourth-order valence-corrected chi connectivity index (χ4v) is 5.36.